The number of aliphatic hydroxyl groups is 1. The molecule has 2 aromatic carbocycles. The fourth-order valence-corrected chi connectivity index (χ4v) is 3.20. The molecule has 3 rings (SSSR count). The fourth-order valence-electron chi connectivity index (χ4n) is 3.20. The first-order valence-electron chi connectivity index (χ1n) is 8.78. The first-order valence-corrected chi connectivity index (χ1v) is 8.78. The number of amides is 2. The second-order valence-electron chi connectivity index (χ2n) is 6.38. The second-order valence-corrected chi connectivity index (χ2v) is 6.38. The van der Waals surface area contributed by atoms with Gasteiger partial charge in [0.05, 0.1) is 25.8 Å². The van der Waals surface area contributed by atoms with Crippen LogP contribution in [-0.4, -0.2) is 54.0 Å². The van der Waals surface area contributed by atoms with Crippen molar-refractivity contribution < 1.29 is 23.8 Å². The molecule has 0 saturated carbocycles. The fraction of sp³-hybridized carbons (Fsp3) is 0.238. The summed E-state index contributed by atoms with van der Waals surface area (Å²) in [6.07, 6.45) is 0. The standard InChI is InChI=1S/C21H21FN2O4/c1-23(11-12-25)19-18(14-7-9-16(22)10-8-14)20(26)24(21(19)27)13-15-5-3-4-6-17(15)28-2/h3-10,25H,11-13H2,1-2H3. The molecule has 7 heteroatoms. The quantitative estimate of drug-likeness (QED) is 0.740. The van der Waals surface area contributed by atoms with Gasteiger partial charge in [0.2, 0.25) is 0 Å². The van der Waals surface area contributed by atoms with Crippen molar-refractivity contribution >= 4 is 17.4 Å². The summed E-state index contributed by atoms with van der Waals surface area (Å²) in [7, 11) is 3.15. The lowest BCUT2D eigenvalue weighted by Gasteiger charge is -2.21. The molecule has 0 spiro atoms. The van der Waals surface area contributed by atoms with Gasteiger partial charge in [-0.25, -0.2) is 4.39 Å². The van der Waals surface area contributed by atoms with E-state index in [4.69, 9.17) is 4.74 Å². The zero-order valence-electron chi connectivity index (χ0n) is 15.7. The average Bonchev–Trinajstić information content (AvgIpc) is 2.94. The van der Waals surface area contributed by atoms with Crippen LogP contribution in [0.15, 0.2) is 54.2 Å². The normalized spacial score (nSPS) is 14.1. The van der Waals surface area contributed by atoms with Gasteiger partial charge in [0.15, 0.2) is 0 Å². The molecule has 0 radical (unpaired) electrons. The predicted molar refractivity (Wildman–Crippen MR) is 102 cm³/mol. The zero-order valence-corrected chi connectivity index (χ0v) is 15.7. The molecule has 146 valence electrons. The Bertz CT molecular complexity index is 924. The number of likely N-dealkylation sites (N-methyl/N-ethyl adjacent to an activating group) is 1. The van der Waals surface area contributed by atoms with Crippen molar-refractivity contribution in [2.75, 3.05) is 27.3 Å². The van der Waals surface area contributed by atoms with E-state index >= 15 is 0 Å². The number of aliphatic hydroxyl groups excluding tert-OH is 1. The van der Waals surface area contributed by atoms with E-state index in [9.17, 15) is 19.1 Å². The van der Waals surface area contributed by atoms with Crippen molar-refractivity contribution in [2.24, 2.45) is 0 Å². The van der Waals surface area contributed by atoms with Crippen LogP contribution in [0, 0.1) is 5.82 Å². The second kappa shape index (κ2) is 8.22. The maximum absolute atomic E-state index is 13.3. The third-order valence-corrected chi connectivity index (χ3v) is 4.61. The summed E-state index contributed by atoms with van der Waals surface area (Å²) in [5, 5.41) is 9.27. The monoisotopic (exact) mass is 384 g/mol. The Morgan fingerprint density at radius 3 is 2.39 bits per heavy atom. The molecule has 1 aliphatic heterocycles. The summed E-state index contributed by atoms with van der Waals surface area (Å²) in [5.74, 6) is -0.797. The van der Waals surface area contributed by atoms with E-state index in [1.807, 2.05) is 0 Å². The summed E-state index contributed by atoms with van der Waals surface area (Å²) in [6.45, 7) is 0.0507. The summed E-state index contributed by atoms with van der Waals surface area (Å²) in [4.78, 5) is 28.9. The number of nitrogens with zero attached hydrogens (tertiary/aromatic N) is 2. The van der Waals surface area contributed by atoms with Gasteiger partial charge in [0.1, 0.15) is 17.3 Å². The lowest BCUT2D eigenvalue weighted by atomic mass is 10.0. The number of hydrogen-bond acceptors (Lipinski definition) is 5. The lowest BCUT2D eigenvalue weighted by molar-refractivity contribution is -0.138. The van der Waals surface area contributed by atoms with Crippen LogP contribution in [0.25, 0.3) is 5.57 Å². The number of carbonyl (C=O) groups is 2. The molecule has 0 bridgehead atoms. The molecule has 0 aliphatic carbocycles. The van der Waals surface area contributed by atoms with Crippen molar-refractivity contribution in [3.8, 4) is 5.75 Å². The molecule has 1 aliphatic rings. The van der Waals surface area contributed by atoms with Crippen LogP contribution in [0.2, 0.25) is 0 Å². The number of carbonyl (C=O) groups excluding carboxylic acids is 2. The number of imide groups is 1. The van der Waals surface area contributed by atoms with Gasteiger partial charge in [-0.2, -0.15) is 0 Å². The molecule has 28 heavy (non-hydrogen) atoms. The van der Waals surface area contributed by atoms with E-state index < -0.39 is 17.6 Å². The summed E-state index contributed by atoms with van der Waals surface area (Å²) in [5.41, 5.74) is 1.51. The average molecular weight is 384 g/mol. The number of methoxy groups -OCH3 is 1. The number of rotatable bonds is 7. The highest BCUT2D eigenvalue weighted by Gasteiger charge is 2.40. The van der Waals surface area contributed by atoms with E-state index in [1.54, 1.807) is 36.2 Å². The van der Waals surface area contributed by atoms with Gasteiger partial charge in [-0.1, -0.05) is 30.3 Å². The minimum Gasteiger partial charge on any atom is -0.496 e. The molecule has 6 nitrogen and oxygen atoms in total. The zero-order chi connectivity index (χ0) is 20.3. The largest absolute Gasteiger partial charge is 0.496 e. The number of halogens is 1. The van der Waals surface area contributed by atoms with Crippen LogP contribution in [0.5, 0.6) is 5.75 Å². The van der Waals surface area contributed by atoms with Gasteiger partial charge in [0.25, 0.3) is 11.8 Å². The van der Waals surface area contributed by atoms with Gasteiger partial charge in [-0.05, 0) is 23.8 Å². The Hall–Kier alpha value is -3.19. The Kier molecular flexibility index (Phi) is 5.75. The van der Waals surface area contributed by atoms with Crippen molar-refractivity contribution in [3.63, 3.8) is 0 Å². The maximum atomic E-state index is 13.3. The first kappa shape index (κ1) is 19.6. The Balaban J connectivity index is 2.02. The van der Waals surface area contributed by atoms with Crippen LogP contribution >= 0.6 is 0 Å². The van der Waals surface area contributed by atoms with Crippen LogP contribution in [0.4, 0.5) is 4.39 Å². The van der Waals surface area contributed by atoms with Crippen molar-refractivity contribution in [3.05, 3.63) is 71.2 Å². The van der Waals surface area contributed by atoms with E-state index in [-0.39, 0.29) is 31.0 Å². The molecule has 0 fully saturated rings. The molecule has 1 heterocycles. The van der Waals surface area contributed by atoms with Gasteiger partial charge < -0.3 is 14.7 Å². The Morgan fingerprint density at radius 2 is 1.75 bits per heavy atom. The highest BCUT2D eigenvalue weighted by Crippen LogP contribution is 2.33. The molecule has 0 atom stereocenters. The van der Waals surface area contributed by atoms with Crippen molar-refractivity contribution in [1.29, 1.82) is 0 Å². The number of para-hydroxylation sites is 1. The van der Waals surface area contributed by atoms with E-state index in [2.05, 4.69) is 0 Å². The van der Waals surface area contributed by atoms with E-state index in [1.165, 1.54) is 31.4 Å². The molecular formula is C21H21FN2O4. The summed E-state index contributed by atoms with van der Waals surface area (Å²) < 4.78 is 18.7. The molecule has 2 aromatic rings. The third-order valence-electron chi connectivity index (χ3n) is 4.61. The highest BCUT2D eigenvalue weighted by molar-refractivity contribution is 6.35. The molecule has 2 amide bonds. The Labute approximate surface area is 162 Å². The highest BCUT2D eigenvalue weighted by atomic mass is 19.1. The number of hydrogen-bond donors (Lipinski definition) is 1. The maximum Gasteiger partial charge on any atom is 0.278 e. The SMILES string of the molecule is COc1ccccc1CN1C(=O)C(c2ccc(F)cc2)=C(N(C)CCO)C1=O. The number of ether oxygens (including phenoxy) is 1. The van der Waals surface area contributed by atoms with Crippen LogP contribution in [-0.2, 0) is 16.1 Å². The van der Waals surface area contributed by atoms with E-state index in [0.29, 0.717) is 16.9 Å². The first-order chi connectivity index (χ1) is 13.5. The smallest absolute Gasteiger partial charge is 0.278 e. The molecule has 0 saturated heterocycles. The molecular weight excluding hydrogens is 363 g/mol. The molecule has 1 N–H and O–H groups in total. The topological polar surface area (TPSA) is 70.1 Å². The predicted octanol–water partition coefficient (Wildman–Crippen LogP) is 2.04. The van der Waals surface area contributed by atoms with Crippen molar-refractivity contribution in [2.45, 2.75) is 6.54 Å². The third kappa shape index (κ3) is 3.61. The van der Waals surface area contributed by atoms with Gasteiger partial charge >= 0.3 is 0 Å². The minimum absolute atomic E-state index is 0.0445. The van der Waals surface area contributed by atoms with Crippen LogP contribution in [0.1, 0.15) is 11.1 Å². The number of benzene rings is 2. The lowest BCUT2D eigenvalue weighted by Crippen LogP contribution is -2.34. The van der Waals surface area contributed by atoms with Crippen LogP contribution < -0.4 is 4.74 Å². The van der Waals surface area contributed by atoms with Gasteiger partial charge in [-0.15, -0.1) is 0 Å². The summed E-state index contributed by atoms with van der Waals surface area (Å²) in [6, 6.07) is 12.6. The Morgan fingerprint density at radius 1 is 1.07 bits per heavy atom. The van der Waals surface area contributed by atoms with Gasteiger partial charge in [-0.3, -0.25) is 14.5 Å². The minimum atomic E-state index is -0.470. The summed E-state index contributed by atoms with van der Waals surface area (Å²) >= 11 is 0. The van der Waals surface area contributed by atoms with Crippen LogP contribution in [0.3, 0.4) is 0 Å². The van der Waals surface area contributed by atoms with Gasteiger partial charge in [0, 0.05) is 19.2 Å². The van der Waals surface area contributed by atoms with Crippen molar-refractivity contribution in [1.82, 2.24) is 9.80 Å². The molecule has 0 aromatic heterocycles. The molecule has 0 unspecified atom stereocenters. The van der Waals surface area contributed by atoms with E-state index in [0.717, 1.165) is 4.90 Å².